The normalized spacial score (nSPS) is 20.3. The zero-order valence-electron chi connectivity index (χ0n) is 13.4. The number of hydrogen-bond donors (Lipinski definition) is 0. The van der Waals surface area contributed by atoms with E-state index < -0.39 is 5.54 Å². The van der Waals surface area contributed by atoms with Gasteiger partial charge in [-0.05, 0) is 50.7 Å². The number of ether oxygens (including phenoxy) is 2. The van der Waals surface area contributed by atoms with Crippen molar-refractivity contribution in [2.24, 2.45) is 4.99 Å². The number of benzene rings is 1. The summed E-state index contributed by atoms with van der Waals surface area (Å²) in [4.78, 5) is 15.3. The Hall–Kier alpha value is -1.32. The van der Waals surface area contributed by atoms with Crippen LogP contribution in [0.5, 0.6) is 11.5 Å². The van der Waals surface area contributed by atoms with Crippen molar-refractivity contribution >= 4 is 22.0 Å². The minimum atomic E-state index is -0.539. The summed E-state index contributed by atoms with van der Waals surface area (Å²) in [6, 6.07) is 3.86. The number of hydrogen-bond acceptors (Lipinski definition) is 4. The molecule has 3 rings (SSSR count). The van der Waals surface area contributed by atoms with Gasteiger partial charge in [-0.2, -0.15) is 4.99 Å². The van der Waals surface area contributed by atoms with Crippen molar-refractivity contribution in [3.63, 3.8) is 0 Å². The summed E-state index contributed by atoms with van der Waals surface area (Å²) in [6.07, 6.45) is 10.3. The fourth-order valence-electron chi connectivity index (χ4n) is 3.89. The third-order valence-electron chi connectivity index (χ3n) is 5.03. The third kappa shape index (κ3) is 3.17. The smallest absolute Gasteiger partial charge is 0.235 e. The molecule has 23 heavy (non-hydrogen) atoms. The van der Waals surface area contributed by atoms with Crippen molar-refractivity contribution in [1.29, 1.82) is 0 Å². The van der Waals surface area contributed by atoms with Crippen LogP contribution in [0.1, 0.15) is 56.9 Å². The van der Waals surface area contributed by atoms with Gasteiger partial charge in [0.15, 0.2) is 11.5 Å². The highest BCUT2D eigenvalue weighted by atomic mass is 79.9. The first kappa shape index (κ1) is 16.5. The summed E-state index contributed by atoms with van der Waals surface area (Å²) in [5.41, 5.74) is 0.410. The molecule has 2 aliphatic carbocycles. The van der Waals surface area contributed by atoms with E-state index >= 15 is 0 Å². The van der Waals surface area contributed by atoms with Crippen LogP contribution in [0.3, 0.4) is 0 Å². The number of methoxy groups -OCH3 is 1. The maximum atomic E-state index is 11.1. The van der Waals surface area contributed by atoms with E-state index in [1.165, 1.54) is 12.8 Å². The predicted molar refractivity (Wildman–Crippen MR) is 91.8 cm³/mol. The van der Waals surface area contributed by atoms with Crippen LogP contribution in [0, 0.1) is 0 Å². The van der Waals surface area contributed by atoms with Crippen molar-refractivity contribution in [2.45, 2.75) is 63.0 Å². The molecule has 0 aliphatic heterocycles. The van der Waals surface area contributed by atoms with Crippen molar-refractivity contribution in [1.82, 2.24) is 0 Å². The number of halogens is 1. The van der Waals surface area contributed by atoms with Crippen LogP contribution in [0.4, 0.5) is 0 Å². The highest BCUT2D eigenvalue weighted by molar-refractivity contribution is 9.10. The average molecular weight is 380 g/mol. The molecule has 1 aromatic carbocycles. The van der Waals surface area contributed by atoms with E-state index in [1.54, 1.807) is 13.2 Å². The van der Waals surface area contributed by atoms with E-state index in [0.717, 1.165) is 54.3 Å². The molecule has 0 bridgehead atoms. The summed E-state index contributed by atoms with van der Waals surface area (Å²) in [5.74, 6) is 1.46. The molecule has 124 valence electrons. The second-order valence-electron chi connectivity index (χ2n) is 6.42. The SMILES string of the molecule is COc1ccc(Br)c(C2(N=C=O)CCCC2)c1OC1CCCC1. The molecule has 0 amide bonds. The molecule has 0 spiro atoms. The van der Waals surface area contributed by atoms with E-state index in [-0.39, 0.29) is 6.10 Å². The molecule has 2 fully saturated rings. The Bertz CT molecular complexity index is 613. The number of carbonyl (C=O) groups excluding carboxylic acids is 1. The van der Waals surface area contributed by atoms with E-state index in [2.05, 4.69) is 20.9 Å². The van der Waals surface area contributed by atoms with Crippen LogP contribution >= 0.6 is 15.9 Å². The Morgan fingerprint density at radius 2 is 1.91 bits per heavy atom. The Morgan fingerprint density at radius 3 is 2.52 bits per heavy atom. The van der Waals surface area contributed by atoms with Gasteiger partial charge >= 0.3 is 0 Å². The van der Waals surface area contributed by atoms with E-state index in [4.69, 9.17) is 9.47 Å². The summed E-state index contributed by atoms with van der Waals surface area (Å²) < 4.78 is 12.8. The standard InChI is InChI=1S/C18H22BrNO3/c1-22-15-9-8-14(19)16(17(15)23-13-6-2-3-7-13)18(20-12-21)10-4-5-11-18/h8-9,13H,2-7,10-11H2,1H3. The fraction of sp³-hybridized carbons (Fsp3) is 0.611. The topological polar surface area (TPSA) is 47.9 Å². The molecule has 0 unspecified atom stereocenters. The molecule has 0 saturated heterocycles. The van der Waals surface area contributed by atoms with E-state index in [0.29, 0.717) is 5.75 Å². The highest BCUT2D eigenvalue weighted by Crippen LogP contribution is 2.51. The number of nitrogens with zero attached hydrogens (tertiary/aromatic N) is 1. The van der Waals surface area contributed by atoms with Gasteiger partial charge in [0.2, 0.25) is 6.08 Å². The molecular weight excluding hydrogens is 358 g/mol. The van der Waals surface area contributed by atoms with Gasteiger partial charge in [-0.3, -0.25) is 0 Å². The van der Waals surface area contributed by atoms with Gasteiger partial charge in [-0.25, -0.2) is 4.79 Å². The number of rotatable bonds is 5. The lowest BCUT2D eigenvalue weighted by molar-refractivity contribution is 0.194. The third-order valence-corrected chi connectivity index (χ3v) is 5.69. The molecule has 2 aliphatic rings. The summed E-state index contributed by atoms with van der Waals surface area (Å²) in [6.45, 7) is 0. The maximum Gasteiger partial charge on any atom is 0.235 e. The van der Waals surface area contributed by atoms with Gasteiger partial charge in [0.1, 0.15) is 5.54 Å². The molecule has 0 atom stereocenters. The van der Waals surface area contributed by atoms with Crippen molar-refractivity contribution in [3.05, 3.63) is 22.2 Å². The number of aliphatic imine (C=N–C) groups is 1. The van der Waals surface area contributed by atoms with Gasteiger partial charge in [0.05, 0.1) is 13.2 Å². The van der Waals surface area contributed by atoms with Gasteiger partial charge in [0, 0.05) is 10.0 Å². The Balaban J connectivity index is 2.11. The zero-order valence-corrected chi connectivity index (χ0v) is 15.0. The molecule has 4 nitrogen and oxygen atoms in total. The average Bonchev–Trinajstić information content (AvgIpc) is 3.20. The van der Waals surface area contributed by atoms with Crippen molar-refractivity contribution in [3.8, 4) is 11.5 Å². The van der Waals surface area contributed by atoms with Gasteiger partial charge in [-0.15, -0.1) is 0 Å². The van der Waals surface area contributed by atoms with E-state index in [1.807, 2.05) is 12.1 Å². The monoisotopic (exact) mass is 379 g/mol. The predicted octanol–water partition coefficient (Wildman–Crippen LogP) is 4.88. The van der Waals surface area contributed by atoms with Crippen molar-refractivity contribution in [2.75, 3.05) is 7.11 Å². The molecule has 0 heterocycles. The van der Waals surface area contributed by atoms with Gasteiger partial charge in [-0.1, -0.05) is 28.8 Å². The first-order valence-electron chi connectivity index (χ1n) is 8.33. The molecule has 0 aromatic heterocycles. The fourth-order valence-corrected chi connectivity index (χ4v) is 4.57. The molecule has 1 aromatic rings. The largest absolute Gasteiger partial charge is 0.493 e. The van der Waals surface area contributed by atoms with Crippen LogP contribution in [0.2, 0.25) is 0 Å². The lowest BCUT2D eigenvalue weighted by atomic mass is 9.87. The highest BCUT2D eigenvalue weighted by Gasteiger charge is 2.41. The van der Waals surface area contributed by atoms with Crippen molar-refractivity contribution < 1.29 is 14.3 Å². The summed E-state index contributed by atoms with van der Waals surface area (Å²) in [5, 5.41) is 0. The molecule has 0 radical (unpaired) electrons. The van der Waals surface area contributed by atoms with Crippen LogP contribution in [0.25, 0.3) is 0 Å². The Kier molecular flexibility index (Phi) is 5.08. The minimum Gasteiger partial charge on any atom is -0.493 e. The zero-order chi connectivity index (χ0) is 16.3. The molecular formula is C18H22BrNO3. The van der Waals surface area contributed by atoms with Crippen LogP contribution in [0.15, 0.2) is 21.6 Å². The Morgan fingerprint density at radius 1 is 1.22 bits per heavy atom. The minimum absolute atomic E-state index is 0.218. The van der Waals surface area contributed by atoms with Gasteiger partial charge < -0.3 is 9.47 Å². The summed E-state index contributed by atoms with van der Waals surface area (Å²) >= 11 is 3.65. The second-order valence-corrected chi connectivity index (χ2v) is 7.27. The van der Waals surface area contributed by atoms with Crippen LogP contribution < -0.4 is 9.47 Å². The van der Waals surface area contributed by atoms with Gasteiger partial charge in [0.25, 0.3) is 0 Å². The van der Waals surface area contributed by atoms with E-state index in [9.17, 15) is 4.79 Å². The van der Waals surface area contributed by atoms with Crippen LogP contribution in [-0.4, -0.2) is 19.3 Å². The lowest BCUT2D eigenvalue weighted by Crippen LogP contribution is -2.23. The number of isocyanates is 1. The van der Waals surface area contributed by atoms with Crippen LogP contribution in [-0.2, 0) is 10.3 Å². The molecule has 2 saturated carbocycles. The molecule has 0 N–H and O–H groups in total. The first-order valence-corrected chi connectivity index (χ1v) is 9.12. The second kappa shape index (κ2) is 7.06. The Labute approximate surface area is 145 Å². The lowest BCUT2D eigenvalue weighted by Gasteiger charge is -2.29. The first-order chi connectivity index (χ1) is 11.2. The quantitative estimate of drug-likeness (QED) is 0.540. The summed E-state index contributed by atoms with van der Waals surface area (Å²) in [7, 11) is 1.65. The molecule has 5 heteroatoms. The maximum absolute atomic E-state index is 11.1.